The van der Waals surface area contributed by atoms with Crippen LogP contribution < -0.4 is 0 Å². The molecule has 9 aromatic carbocycles. The van der Waals surface area contributed by atoms with Crippen molar-refractivity contribution in [3.63, 3.8) is 0 Å². The summed E-state index contributed by atoms with van der Waals surface area (Å²) >= 11 is 0. The molecule has 10 aromatic rings. The maximum absolute atomic E-state index is 5.01. The smallest absolute Gasteiger partial charge is 0.0714 e. The van der Waals surface area contributed by atoms with Gasteiger partial charge in [0.1, 0.15) is 0 Å². The van der Waals surface area contributed by atoms with E-state index < -0.39 is 0 Å². The van der Waals surface area contributed by atoms with Gasteiger partial charge in [-0.1, -0.05) is 121 Å². The summed E-state index contributed by atoms with van der Waals surface area (Å²) < 4.78 is 0. The Balaban J connectivity index is 1.53. The third-order valence-electron chi connectivity index (χ3n) is 10.5. The highest BCUT2D eigenvalue weighted by molar-refractivity contribution is 6.38. The second kappa shape index (κ2) is 10.2. The highest BCUT2D eigenvalue weighted by atomic mass is 14.7. The van der Waals surface area contributed by atoms with Crippen molar-refractivity contribution in [2.75, 3.05) is 0 Å². The van der Waals surface area contributed by atoms with Crippen LogP contribution in [0.3, 0.4) is 0 Å². The Labute approximate surface area is 279 Å². The molecular weight excluding hydrogens is 579 g/mol. The minimum absolute atomic E-state index is 0.988. The van der Waals surface area contributed by atoms with Crippen LogP contribution in [0.25, 0.3) is 98.1 Å². The van der Waals surface area contributed by atoms with E-state index in [2.05, 4.69) is 153 Å². The Kier molecular flexibility index (Phi) is 5.77. The number of rotatable bonds is 3. The molecule has 0 amide bonds. The van der Waals surface area contributed by atoms with Gasteiger partial charge in [-0.15, -0.1) is 0 Å². The number of hydrogen-bond donors (Lipinski definition) is 0. The molecular formula is C47H31N. The maximum Gasteiger partial charge on any atom is 0.0714 e. The quantitative estimate of drug-likeness (QED) is 0.143. The van der Waals surface area contributed by atoms with Crippen molar-refractivity contribution in [3.05, 3.63) is 163 Å². The second-order valence-corrected chi connectivity index (χ2v) is 13.1. The van der Waals surface area contributed by atoms with Gasteiger partial charge in [0.15, 0.2) is 0 Å². The van der Waals surface area contributed by atoms with E-state index in [0.717, 1.165) is 5.69 Å². The fraction of sp³-hybridized carbons (Fsp3) is 0.0426. The molecule has 0 aliphatic heterocycles. The fourth-order valence-corrected chi connectivity index (χ4v) is 8.51. The zero-order valence-corrected chi connectivity index (χ0v) is 26.9. The minimum atomic E-state index is 0.988. The molecule has 0 radical (unpaired) electrons. The monoisotopic (exact) mass is 609 g/mol. The summed E-state index contributed by atoms with van der Waals surface area (Å²) in [6, 6.07) is 53.8. The molecule has 224 valence electrons. The van der Waals surface area contributed by atoms with E-state index in [0.29, 0.717) is 0 Å². The average Bonchev–Trinajstić information content (AvgIpc) is 3.13. The van der Waals surface area contributed by atoms with E-state index in [1.807, 2.05) is 12.3 Å². The van der Waals surface area contributed by atoms with E-state index in [1.54, 1.807) is 0 Å². The number of fused-ring (bicyclic) bond motifs is 5. The molecule has 0 N–H and O–H groups in total. The molecule has 0 aliphatic rings. The Hall–Kier alpha value is -6.05. The molecule has 48 heavy (non-hydrogen) atoms. The predicted octanol–water partition coefficient (Wildman–Crippen LogP) is 13.1. The van der Waals surface area contributed by atoms with Gasteiger partial charge in [0, 0.05) is 11.8 Å². The van der Waals surface area contributed by atoms with Crippen LogP contribution in [-0.2, 0) is 0 Å². The Morgan fingerprint density at radius 2 is 1.00 bits per heavy atom. The first kappa shape index (κ1) is 27.1. The number of aromatic nitrogens is 1. The van der Waals surface area contributed by atoms with Gasteiger partial charge >= 0.3 is 0 Å². The van der Waals surface area contributed by atoms with Crippen molar-refractivity contribution in [2.45, 2.75) is 13.8 Å². The van der Waals surface area contributed by atoms with E-state index in [1.165, 1.54) is 104 Å². The van der Waals surface area contributed by atoms with E-state index >= 15 is 0 Å². The third-order valence-corrected chi connectivity index (χ3v) is 10.5. The molecule has 0 unspecified atom stereocenters. The lowest BCUT2D eigenvalue weighted by atomic mass is 9.81. The molecule has 1 heterocycles. The molecule has 0 saturated carbocycles. The van der Waals surface area contributed by atoms with E-state index in [4.69, 9.17) is 4.98 Å². The van der Waals surface area contributed by atoms with Crippen LogP contribution in [0.2, 0.25) is 0 Å². The van der Waals surface area contributed by atoms with Gasteiger partial charge in [-0.05, 0) is 136 Å². The number of benzene rings is 9. The lowest BCUT2D eigenvalue weighted by molar-refractivity contribution is 1.34. The van der Waals surface area contributed by atoms with Crippen LogP contribution in [-0.4, -0.2) is 4.98 Å². The molecule has 1 aromatic heterocycles. The molecule has 0 spiro atoms. The summed E-state index contributed by atoms with van der Waals surface area (Å²) in [5, 5.41) is 15.4. The SMILES string of the molecule is Cc1cccc(C)c1-c1cccc2c(-c3ccccn3)c3cc4c5cccc6ccc7cccc(c4c(-c4ccccc4)c3cc12)c7c65. The molecule has 0 fully saturated rings. The molecule has 1 heteroatoms. The summed E-state index contributed by atoms with van der Waals surface area (Å²) in [5.74, 6) is 0. The number of nitrogens with zero attached hydrogens (tertiary/aromatic N) is 1. The van der Waals surface area contributed by atoms with Gasteiger partial charge in [-0.25, -0.2) is 0 Å². The predicted molar refractivity (Wildman–Crippen MR) is 206 cm³/mol. The number of pyridine rings is 1. The largest absolute Gasteiger partial charge is 0.256 e. The molecule has 0 atom stereocenters. The minimum Gasteiger partial charge on any atom is -0.256 e. The van der Waals surface area contributed by atoms with Crippen LogP contribution >= 0.6 is 0 Å². The first-order chi connectivity index (χ1) is 23.7. The fourth-order valence-electron chi connectivity index (χ4n) is 8.51. The Morgan fingerprint density at radius 1 is 0.375 bits per heavy atom. The second-order valence-electron chi connectivity index (χ2n) is 13.1. The van der Waals surface area contributed by atoms with Gasteiger partial charge < -0.3 is 0 Å². The zero-order chi connectivity index (χ0) is 31.9. The summed E-state index contributed by atoms with van der Waals surface area (Å²) in [6.45, 7) is 4.46. The van der Waals surface area contributed by atoms with Crippen molar-refractivity contribution < 1.29 is 0 Å². The summed E-state index contributed by atoms with van der Waals surface area (Å²) in [7, 11) is 0. The highest BCUT2D eigenvalue weighted by Gasteiger charge is 2.23. The van der Waals surface area contributed by atoms with Gasteiger partial charge in [0.05, 0.1) is 5.69 Å². The molecule has 1 nitrogen and oxygen atoms in total. The summed E-state index contributed by atoms with van der Waals surface area (Å²) in [5.41, 5.74) is 9.80. The Morgan fingerprint density at radius 3 is 1.75 bits per heavy atom. The van der Waals surface area contributed by atoms with Crippen molar-refractivity contribution in [1.29, 1.82) is 0 Å². The Bertz CT molecular complexity index is 2860. The first-order valence-electron chi connectivity index (χ1n) is 16.7. The lowest BCUT2D eigenvalue weighted by Gasteiger charge is -2.22. The normalized spacial score (nSPS) is 12.0. The van der Waals surface area contributed by atoms with Crippen LogP contribution in [0.1, 0.15) is 11.1 Å². The molecule has 10 rings (SSSR count). The van der Waals surface area contributed by atoms with Gasteiger partial charge in [-0.2, -0.15) is 0 Å². The molecule has 0 bridgehead atoms. The van der Waals surface area contributed by atoms with Crippen molar-refractivity contribution in [3.8, 4) is 33.5 Å². The molecule has 0 aliphatic carbocycles. The average molecular weight is 610 g/mol. The number of hydrogen-bond acceptors (Lipinski definition) is 1. The van der Waals surface area contributed by atoms with E-state index in [-0.39, 0.29) is 0 Å². The summed E-state index contributed by atoms with van der Waals surface area (Å²) in [4.78, 5) is 5.01. The topological polar surface area (TPSA) is 12.9 Å². The number of aryl methyl sites for hydroxylation is 2. The maximum atomic E-state index is 5.01. The standard InChI is InChI=1S/C47H31N/c1-28-12-8-13-29(2)42(28)33-19-11-20-34-37(33)26-39-40(46(34)41-22-6-7-25-48-41)27-38-35-18-9-16-31-23-24-32-17-10-21-36(44(32)43(31)35)47(38)45(39)30-14-4-3-5-15-30/h3-27H,1-2H3. The van der Waals surface area contributed by atoms with Gasteiger partial charge in [-0.3, -0.25) is 4.98 Å². The zero-order valence-electron chi connectivity index (χ0n) is 26.9. The third kappa shape index (κ3) is 3.76. The van der Waals surface area contributed by atoms with Gasteiger partial charge in [0.25, 0.3) is 0 Å². The van der Waals surface area contributed by atoms with Crippen LogP contribution in [0, 0.1) is 13.8 Å². The van der Waals surface area contributed by atoms with Crippen LogP contribution in [0.5, 0.6) is 0 Å². The van der Waals surface area contributed by atoms with Crippen molar-refractivity contribution in [2.24, 2.45) is 0 Å². The van der Waals surface area contributed by atoms with Gasteiger partial charge in [0.2, 0.25) is 0 Å². The van der Waals surface area contributed by atoms with Crippen molar-refractivity contribution >= 4 is 64.6 Å². The highest BCUT2D eigenvalue weighted by Crippen LogP contribution is 2.50. The van der Waals surface area contributed by atoms with E-state index in [9.17, 15) is 0 Å². The first-order valence-corrected chi connectivity index (χ1v) is 16.7. The van der Waals surface area contributed by atoms with Crippen LogP contribution in [0.4, 0.5) is 0 Å². The lowest BCUT2D eigenvalue weighted by Crippen LogP contribution is -1.96. The molecule has 0 saturated heterocycles. The van der Waals surface area contributed by atoms with Crippen LogP contribution in [0.15, 0.2) is 152 Å². The van der Waals surface area contributed by atoms with Crippen molar-refractivity contribution in [1.82, 2.24) is 4.98 Å². The summed E-state index contributed by atoms with van der Waals surface area (Å²) in [6.07, 6.45) is 1.92.